The largest absolute Gasteiger partial charge is 0.452 e. The van der Waals surface area contributed by atoms with Crippen molar-refractivity contribution in [2.45, 2.75) is 6.18 Å². The van der Waals surface area contributed by atoms with E-state index in [0.29, 0.717) is 6.08 Å². The van der Waals surface area contributed by atoms with Crippen LogP contribution in [0, 0.1) is 11.6 Å². The zero-order valence-corrected chi connectivity index (χ0v) is 13.8. The molecule has 1 aromatic heterocycles. The van der Waals surface area contributed by atoms with Gasteiger partial charge in [0, 0.05) is 12.3 Å². The summed E-state index contributed by atoms with van der Waals surface area (Å²) in [4.78, 5) is 16.2. The van der Waals surface area contributed by atoms with Crippen molar-refractivity contribution in [2.75, 3.05) is 12.4 Å². The smallest absolute Gasteiger partial charge is 0.270 e. The second-order valence-electron chi connectivity index (χ2n) is 5.74. The number of halogens is 5. The van der Waals surface area contributed by atoms with Gasteiger partial charge in [0.25, 0.3) is 0 Å². The Morgan fingerprint density at radius 3 is 2.44 bits per heavy atom. The number of aromatic nitrogens is 1. The van der Waals surface area contributed by atoms with Crippen molar-refractivity contribution in [3.8, 4) is 0 Å². The van der Waals surface area contributed by atoms with Crippen molar-refractivity contribution in [1.82, 2.24) is 4.98 Å². The maximum Gasteiger partial charge on any atom is 0.452 e. The minimum absolute atomic E-state index is 0.228. The monoisotopic (exact) mass is 383 g/mol. The van der Waals surface area contributed by atoms with E-state index in [1.54, 1.807) is 0 Å². The van der Waals surface area contributed by atoms with Crippen LogP contribution in [0.4, 0.5) is 32.4 Å². The lowest BCUT2D eigenvalue weighted by atomic mass is 10.1. The number of carbonyl (C=O) groups is 1. The average molecular weight is 383 g/mol. The number of nitrogens with zero attached hydrogens (tertiary/aromatic N) is 3. The zero-order chi connectivity index (χ0) is 19.8. The zero-order valence-electron chi connectivity index (χ0n) is 13.8. The Kier molecular flexibility index (Phi) is 4.52. The van der Waals surface area contributed by atoms with Gasteiger partial charge in [-0.25, -0.2) is 13.6 Å². The molecule has 10 heteroatoms. The van der Waals surface area contributed by atoms with Crippen molar-refractivity contribution in [2.24, 2.45) is 5.10 Å². The number of hydrogen-bond donors (Lipinski definition) is 1. The Morgan fingerprint density at radius 2 is 1.81 bits per heavy atom. The van der Waals surface area contributed by atoms with Gasteiger partial charge in [0.15, 0.2) is 11.5 Å². The van der Waals surface area contributed by atoms with Crippen molar-refractivity contribution >= 4 is 23.1 Å². The van der Waals surface area contributed by atoms with Crippen LogP contribution >= 0.6 is 0 Å². The third-order valence-electron chi connectivity index (χ3n) is 3.90. The third-order valence-corrected chi connectivity index (χ3v) is 3.90. The van der Waals surface area contributed by atoms with Crippen LogP contribution in [0.5, 0.6) is 0 Å². The highest BCUT2D eigenvalue weighted by molar-refractivity contribution is 6.07. The Bertz CT molecular complexity index is 970. The summed E-state index contributed by atoms with van der Waals surface area (Å²) in [6.45, 7) is 0. The molecule has 0 fully saturated rings. The second kappa shape index (κ2) is 6.54. The summed E-state index contributed by atoms with van der Waals surface area (Å²) >= 11 is 0. The number of carbonyl (C=O) groups excluding carboxylic acids is 1. The number of amides is 2. The fourth-order valence-electron chi connectivity index (χ4n) is 2.53. The molecule has 0 saturated heterocycles. The van der Waals surface area contributed by atoms with Gasteiger partial charge in [0.1, 0.15) is 12.9 Å². The molecule has 140 valence electrons. The molecule has 0 saturated carbocycles. The quantitative estimate of drug-likeness (QED) is 0.621. The fraction of sp³-hybridized carbons (Fsp3) is 0.118. The normalized spacial score (nSPS) is 19.5. The van der Waals surface area contributed by atoms with E-state index in [0.717, 1.165) is 25.4 Å². The molecule has 1 N–H and O–H groups in total. The molecule has 27 heavy (non-hydrogen) atoms. The van der Waals surface area contributed by atoms with E-state index in [4.69, 9.17) is 0 Å². The Hall–Kier alpha value is -3.14. The number of anilines is 1. The topological polar surface area (TPSA) is 54.4 Å². The van der Waals surface area contributed by atoms with E-state index in [9.17, 15) is 26.7 Å². The van der Waals surface area contributed by atoms with Gasteiger partial charge < -0.3 is 0 Å². The number of urea groups is 1. The van der Waals surface area contributed by atoms with E-state index in [1.807, 2.05) is 0 Å². The molecule has 0 bridgehead atoms. The Balaban J connectivity index is 2.07. The summed E-state index contributed by atoms with van der Waals surface area (Å²) in [6, 6.07) is 5.08. The van der Waals surface area contributed by atoms with Gasteiger partial charge in [-0.2, -0.15) is 13.2 Å². The van der Waals surface area contributed by atoms with E-state index < -0.39 is 34.1 Å². The van der Waals surface area contributed by atoms with Gasteiger partial charge in [0.2, 0.25) is 5.71 Å². The second-order valence-corrected chi connectivity index (χ2v) is 5.74. The molecule has 1 unspecified atom stereocenters. The number of hydrogen-bond acceptors (Lipinski definition) is 3. The van der Waals surface area contributed by atoms with Crippen LogP contribution < -0.4 is 5.32 Å². The minimum Gasteiger partial charge on any atom is -0.270 e. The van der Waals surface area contributed by atoms with Crippen LogP contribution in [0.2, 0.25) is 0 Å². The summed E-state index contributed by atoms with van der Waals surface area (Å²) in [5.74, 6) is -1.71. The summed E-state index contributed by atoms with van der Waals surface area (Å²) in [6.07, 6.45) is -2.23. The van der Waals surface area contributed by atoms with E-state index in [-0.39, 0.29) is 16.9 Å². The van der Waals surface area contributed by atoms with E-state index in [2.05, 4.69) is 15.4 Å². The van der Waals surface area contributed by atoms with Crippen molar-refractivity contribution in [1.29, 1.82) is 0 Å². The van der Waals surface area contributed by atoms with Crippen molar-refractivity contribution in [3.05, 3.63) is 66.0 Å². The van der Waals surface area contributed by atoms with Crippen molar-refractivity contribution in [3.63, 3.8) is 0 Å². The lowest BCUT2D eigenvalue weighted by Gasteiger charge is -2.24. The first-order valence-electron chi connectivity index (χ1n) is 7.55. The third kappa shape index (κ3) is 3.43. The first-order chi connectivity index (χ1) is 12.6. The van der Waals surface area contributed by atoms with Gasteiger partial charge >= 0.3 is 12.2 Å². The van der Waals surface area contributed by atoms with Crippen molar-refractivity contribution < 1.29 is 31.3 Å². The van der Waals surface area contributed by atoms with Gasteiger partial charge in [0.05, 0.1) is 17.4 Å². The molecule has 0 radical (unpaired) electrons. The Morgan fingerprint density at radius 1 is 1.11 bits per heavy atom. The number of allylic oxidation sites excluding steroid dienone is 1. The lowest BCUT2D eigenvalue weighted by Crippen LogP contribution is -2.45. The number of alkyl halides is 3. The molecule has 1 atom stereocenters. The maximum absolute atomic E-state index is 14.2. The number of quaternary nitrogens is 1. The molecule has 1 aliphatic heterocycles. The molecule has 3 rings (SSSR count). The average Bonchev–Trinajstić information content (AvgIpc) is 2.96. The maximum atomic E-state index is 14.2. The fourth-order valence-corrected chi connectivity index (χ4v) is 2.53. The molecular formula is C17H12F5N4O+. The van der Waals surface area contributed by atoms with Crippen LogP contribution in [-0.2, 0) is 0 Å². The predicted octanol–water partition coefficient (Wildman–Crippen LogP) is 4.31. The van der Waals surface area contributed by atoms with Crippen LogP contribution in [0.15, 0.2) is 53.9 Å². The molecular weight excluding hydrogens is 371 g/mol. The highest BCUT2D eigenvalue weighted by Gasteiger charge is 2.50. The molecule has 5 nitrogen and oxygen atoms in total. The number of nitrogens with one attached hydrogen (secondary N) is 1. The predicted molar refractivity (Wildman–Crippen MR) is 87.3 cm³/mol. The molecule has 1 aromatic carbocycles. The SMILES string of the molecule is C[N+]1(C(=O)Nc2ccncc2F)N=C(C(F)(F)F)C=C1c1ccccc1F. The molecule has 0 spiro atoms. The van der Waals surface area contributed by atoms with Gasteiger partial charge in [-0.3, -0.25) is 10.3 Å². The van der Waals surface area contributed by atoms with Crippen LogP contribution in [0.3, 0.4) is 0 Å². The summed E-state index contributed by atoms with van der Waals surface area (Å²) in [7, 11) is 1.05. The standard InChI is InChI=1S/C17H11F5N4O/c1-26(16(27)24-13-6-7-23-9-12(13)19)14(8-15(25-26)17(20,21)22)10-4-2-3-5-11(10)18/h2-9H,1H3/p+1. The molecule has 0 aliphatic carbocycles. The van der Waals surface area contributed by atoms with Gasteiger partial charge in [-0.05, 0) is 18.2 Å². The number of benzene rings is 1. The Labute approximate surface area is 150 Å². The molecule has 2 aromatic rings. The molecule has 2 amide bonds. The van der Waals surface area contributed by atoms with Crippen LogP contribution in [-0.4, -0.2) is 34.5 Å². The van der Waals surface area contributed by atoms with Crippen LogP contribution in [0.25, 0.3) is 5.70 Å². The number of rotatable bonds is 2. The van der Waals surface area contributed by atoms with Gasteiger partial charge in [-0.1, -0.05) is 21.8 Å². The molecule has 2 heterocycles. The summed E-state index contributed by atoms with van der Waals surface area (Å²) < 4.78 is 66.1. The highest BCUT2D eigenvalue weighted by atomic mass is 19.4. The van der Waals surface area contributed by atoms with E-state index in [1.165, 1.54) is 24.4 Å². The highest BCUT2D eigenvalue weighted by Crippen LogP contribution is 2.37. The summed E-state index contributed by atoms with van der Waals surface area (Å²) in [5.41, 5.74) is -2.22. The van der Waals surface area contributed by atoms with E-state index >= 15 is 0 Å². The lowest BCUT2D eigenvalue weighted by molar-refractivity contribution is -0.756. The summed E-state index contributed by atoms with van der Waals surface area (Å²) in [5, 5.41) is 5.60. The van der Waals surface area contributed by atoms with Crippen LogP contribution in [0.1, 0.15) is 5.56 Å². The first kappa shape index (κ1) is 18.6. The molecule has 1 aliphatic rings. The minimum atomic E-state index is -4.85. The first-order valence-corrected chi connectivity index (χ1v) is 7.55. The van der Waals surface area contributed by atoms with Gasteiger partial charge in [-0.15, -0.1) is 0 Å². The number of pyridine rings is 1.